The Morgan fingerprint density at radius 2 is 2.62 bits per heavy atom. The molecule has 4 heteroatoms. The predicted octanol–water partition coefficient (Wildman–Crippen LogP) is 0.382. The summed E-state index contributed by atoms with van der Waals surface area (Å²) in [5.41, 5.74) is 0. The fourth-order valence-electron chi connectivity index (χ4n) is 1.59. The van der Waals surface area contributed by atoms with Crippen molar-refractivity contribution in [2.45, 2.75) is 6.04 Å². The Labute approximate surface area is 76.5 Å². The molecule has 1 aromatic heterocycles. The lowest BCUT2D eigenvalue weighted by molar-refractivity contribution is -0.121. The van der Waals surface area contributed by atoms with Gasteiger partial charge in [0.25, 0.3) is 0 Å². The van der Waals surface area contributed by atoms with Crippen molar-refractivity contribution >= 4 is 6.41 Å². The molecule has 4 nitrogen and oxygen atoms in total. The summed E-state index contributed by atoms with van der Waals surface area (Å²) in [6.45, 7) is 2.37. The second kappa shape index (κ2) is 3.62. The van der Waals surface area contributed by atoms with Crippen molar-refractivity contribution in [1.29, 1.82) is 0 Å². The maximum absolute atomic E-state index is 10.7. The number of nitrogens with one attached hydrogen (secondary N) is 1. The summed E-state index contributed by atoms with van der Waals surface area (Å²) >= 11 is 0. The van der Waals surface area contributed by atoms with E-state index in [4.69, 9.17) is 4.42 Å². The van der Waals surface area contributed by atoms with E-state index >= 15 is 0 Å². The molecule has 1 saturated heterocycles. The van der Waals surface area contributed by atoms with Gasteiger partial charge in [-0.05, 0) is 12.1 Å². The predicted molar refractivity (Wildman–Crippen MR) is 47.1 cm³/mol. The van der Waals surface area contributed by atoms with Gasteiger partial charge in [0, 0.05) is 19.6 Å². The lowest BCUT2D eigenvalue weighted by Crippen LogP contribution is -2.45. The maximum atomic E-state index is 10.7. The van der Waals surface area contributed by atoms with E-state index in [0.717, 1.165) is 31.8 Å². The highest BCUT2D eigenvalue weighted by Gasteiger charge is 2.23. The minimum absolute atomic E-state index is 0.0567. The van der Waals surface area contributed by atoms with Gasteiger partial charge in [-0.3, -0.25) is 4.79 Å². The van der Waals surface area contributed by atoms with Gasteiger partial charge in [0.15, 0.2) is 0 Å². The van der Waals surface area contributed by atoms with Crippen LogP contribution in [0.1, 0.15) is 11.8 Å². The normalized spacial score (nSPS) is 23.1. The van der Waals surface area contributed by atoms with Crippen molar-refractivity contribution in [3.05, 3.63) is 24.2 Å². The molecule has 1 aliphatic rings. The van der Waals surface area contributed by atoms with Crippen LogP contribution in [0.5, 0.6) is 0 Å². The van der Waals surface area contributed by atoms with Crippen LogP contribution in [0.25, 0.3) is 0 Å². The Morgan fingerprint density at radius 3 is 3.31 bits per heavy atom. The summed E-state index contributed by atoms with van der Waals surface area (Å²) in [7, 11) is 0. The van der Waals surface area contributed by atoms with Crippen molar-refractivity contribution in [2.75, 3.05) is 19.6 Å². The Kier molecular flexibility index (Phi) is 2.31. The standard InChI is InChI=1S/C9H12N2O2/c12-7-11-4-3-10-6-8(11)9-2-1-5-13-9/h1-2,5,7-8,10H,3-4,6H2/t8-/m1/s1. The van der Waals surface area contributed by atoms with Crippen molar-refractivity contribution in [3.8, 4) is 0 Å². The van der Waals surface area contributed by atoms with Crippen LogP contribution in [0.15, 0.2) is 22.8 Å². The summed E-state index contributed by atoms with van der Waals surface area (Å²) in [6, 6.07) is 3.79. The molecule has 0 spiro atoms. The third-order valence-electron chi connectivity index (χ3n) is 2.29. The number of piperazine rings is 1. The largest absolute Gasteiger partial charge is 0.467 e. The molecule has 70 valence electrons. The lowest BCUT2D eigenvalue weighted by Gasteiger charge is -2.31. The Morgan fingerprint density at radius 1 is 1.69 bits per heavy atom. The van der Waals surface area contributed by atoms with Crippen molar-refractivity contribution in [3.63, 3.8) is 0 Å². The summed E-state index contributed by atoms with van der Waals surface area (Å²) < 4.78 is 5.26. The number of rotatable bonds is 2. The Hall–Kier alpha value is -1.29. The van der Waals surface area contributed by atoms with Crippen LogP contribution in [0.4, 0.5) is 0 Å². The van der Waals surface area contributed by atoms with Crippen LogP contribution in [0.3, 0.4) is 0 Å². The molecular formula is C9H12N2O2. The highest BCUT2D eigenvalue weighted by molar-refractivity contribution is 5.48. The molecule has 1 N–H and O–H groups in total. The number of hydrogen-bond acceptors (Lipinski definition) is 3. The van der Waals surface area contributed by atoms with Gasteiger partial charge in [0.05, 0.1) is 6.26 Å². The van der Waals surface area contributed by atoms with Gasteiger partial charge < -0.3 is 14.6 Å². The Balaban J connectivity index is 2.15. The molecule has 0 aromatic carbocycles. The van der Waals surface area contributed by atoms with Gasteiger partial charge in [-0.2, -0.15) is 0 Å². The zero-order chi connectivity index (χ0) is 9.10. The topological polar surface area (TPSA) is 45.5 Å². The first-order valence-electron chi connectivity index (χ1n) is 4.37. The molecular weight excluding hydrogens is 168 g/mol. The summed E-state index contributed by atoms with van der Waals surface area (Å²) in [4.78, 5) is 12.5. The lowest BCUT2D eigenvalue weighted by atomic mass is 10.1. The quantitative estimate of drug-likeness (QED) is 0.669. The molecule has 1 aliphatic heterocycles. The average molecular weight is 180 g/mol. The van der Waals surface area contributed by atoms with Crippen molar-refractivity contribution in [1.82, 2.24) is 10.2 Å². The van der Waals surface area contributed by atoms with E-state index < -0.39 is 0 Å². The van der Waals surface area contributed by atoms with E-state index in [0.29, 0.717) is 0 Å². The van der Waals surface area contributed by atoms with Gasteiger partial charge in [-0.15, -0.1) is 0 Å². The third-order valence-corrected chi connectivity index (χ3v) is 2.29. The zero-order valence-corrected chi connectivity index (χ0v) is 7.27. The van der Waals surface area contributed by atoms with Gasteiger partial charge in [-0.1, -0.05) is 0 Å². The highest BCUT2D eigenvalue weighted by Crippen LogP contribution is 2.20. The molecule has 0 unspecified atom stereocenters. The molecule has 0 aliphatic carbocycles. The zero-order valence-electron chi connectivity index (χ0n) is 7.27. The second-order valence-electron chi connectivity index (χ2n) is 3.08. The van der Waals surface area contributed by atoms with E-state index in [1.54, 1.807) is 11.2 Å². The molecule has 1 atom stereocenters. The molecule has 1 fully saturated rings. The van der Waals surface area contributed by atoms with E-state index in [9.17, 15) is 4.79 Å². The molecule has 0 radical (unpaired) electrons. The molecule has 1 amide bonds. The number of carbonyl (C=O) groups is 1. The summed E-state index contributed by atoms with van der Waals surface area (Å²) in [5.74, 6) is 0.847. The number of nitrogens with zero attached hydrogens (tertiary/aromatic N) is 1. The van der Waals surface area contributed by atoms with Crippen molar-refractivity contribution in [2.24, 2.45) is 0 Å². The summed E-state index contributed by atoms with van der Waals surface area (Å²) in [5, 5.41) is 3.23. The molecule has 2 rings (SSSR count). The molecule has 0 saturated carbocycles. The fourth-order valence-corrected chi connectivity index (χ4v) is 1.59. The molecule has 13 heavy (non-hydrogen) atoms. The Bertz CT molecular complexity index is 271. The van der Waals surface area contributed by atoms with Gasteiger partial charge in [-0.25, -0.2) is 0 Å². The summed E-state index contributed by atoms with van der Waals surface area (Å²) in [6.07, 6.45) is 2.51. The van der Waals surface area contributed by atoms with Gasteiger partial charge in [0.1, 0.15) is 11.8 Å². The monoisotopic (exact) mass is 180 g/mol. The minimum atomic E-state index is 0.0567. The SMILES string of the molecule is O=CN1CCNC[C@@H]1c1ccco1. The minimum Gasteiger partial charge on any atom is -0.467 e. The van der Waals surface area contributed by atoms with Gasteiger partial charge >= 0.3 is 0 Å². The molecule has 2 heterocycles. The van der Waals surface area contributed by atoms with Crippen LogP contribution in [-0.2, 0) is 4.79 Å². The first kappa shape index (κ1) is 8.31. The third kappa shape index (κ3) is 1.58. The van der Waals surface area contributed by atoms with E-state index in [-0.39, 0.29) is 6.04 Å². The van der Waals surface area contributed by atoms with Gasteiger partial charge in [0.2, 0.25) is 6.41 Å². The highest BCUT2D eigenvalue weighted by atomic mass is 16.3. The maximum Gasteiger partial charge on any atom is 0.210 e. The number of furan rings is 1. The van der Waals surface area contributed by atoms with E-state index in [2.05, 4.69) is 5.32 Å². The number of carbonyl (C=O) groups excluding carboxylic acids is 1. The van der Waals surface area contributed by atoms with E-state index in [1.165, 1.54) is 0 Å². The van der Waals surface area contributed by atoms with Crippen LogP contribution in [0.2, 0.25) is 0 Å². The van der Waals surface area contributed by atoms with Crippen molar-refractivity contribution < 1.29 is 9.21 Å². The van der Waals surface area contributed by atoms with Crippen LogP contribution >= 0.6 is 0 Å². The molecule has 0 bridgehead atoms. The van der Waals surface area contributed by atoms with E-state index in [1.807, 2.05) is 12.1 Å². The first-order valence-corrected chi connectivity index (χ1v) is 4.37. The number of hydrogen-bond donors (Lipinski definition) is 1. The number of amides is 1. The van der Waals surface area contributed by atoms with Crippen LogP contribution in [0, 0.1) is 0 Å². The smallest absolute Gasteiger partial charge is 0.210 e. The van der Waals surface area contributed by atoms with Crippen LogP contribution in [-0.4, -0.2) is 30.9 Å². The average Bonchev–Trinajstić information content (AvgIpc) is 2.70. The molecule has 1 aromatic rings. The first-order chi connectivity index (χ1) is 6.42. The second-order valence-corrected chi connectivity index (χ2v) is 3.08. The fraction of sp³-hybridized carbons (Fsp3) is 0.444. The van der Waals surface area contributed by atoms with Crippen LogP contribution < -0.4 is 5.32 Å².